The lowest BCUT2D eigenvalue weighted by molar-refractivity contribution is -0.172. The smallest absolute Gasteiger partial charge is 0.309 e. The summed E-state index contributed by atoms with van der Waals surface area (Å²) in [5.74, 6) is -1.94. The molecule has 0 aromatic heterocycles. The molecule has 0 radical (unpaired) electrons. The molecule has 0 aromatic carbocycles. The van der Waals surface area contributed by atoms with E-state index in [1.165, 1.54) is 0 Å². The van der Waals surface area contributed by atoms with E-state index in [1.54, 1.807) is 0 Å². The van der Waals surface area contributed by atoms with Crippen molar-refractivity contribution in [3.05, 3.63) is 182 Å². The lowest BCUT2D eigenvalue weighted by Crippen LogP contribution is -2.34. The van der Waals surface area contributed by atoms with E-state index in [0.29, 0.717) is 38.5 Å². The number of esters is 3. The second-order valence-corrected chi connectivity index (χ2v) is 18.5. The fraction of sp³-hybridized carbons (Fsp3) is 0.522. The van der Waals surface area contributed by atoms with Crippen LogP contribution in [0.25, 0.3) is 0 Å². The summed E-state index contributed by atoms with van der Waals surface area (Å²) in [5.41, 5.74) is 0. The molecular formula is C69H104O6. The third-order valence-electron chi connectivity index (χ3n) is 12.1. The van der Waals surface area contributed by atoms with Gasteiger partial charge in [0.1, 0.15) is 13.2 Å². The first-order chi connectivity index (χ1) is 36.9. The Morgan fingerprint density at radius 1 is 0.280 bits per heavy atom. The fourth-order valence-electron chi connectivity index (χ4n) is 7.43. The first-order valence-electron chi connectivity index (χ1n) is 29.2. The number of hydrogen-bond donors (Lipinski definition) is 0. The Kier molecular flexibility index (Phi) is 52.1. The van der Waals surface area contributed by atoms with Crippen LogP contribution in [0.2, 0.25) is 0 Å². The van der Waals surface area contributed by atoms with Crippen molar-refractivity contribution in [2.24, 2.45) is 17.8 Å². The van der Waals surface area contributed by atoms with E-state index < -0.39 is 6.10 Å². The third-order valence-corrected chi connectivity index (χ3v) is 12.1. The number of rotatable bonds is 47. The molecule has 0 rings (SSSR count). The first-order valence-corrected chi connectivity index (χ1v) is 29.2. The number of allylic oxidation sites excluding steroid dienone is 30. The molecular weight excluding hydrogens is 925 g/mol. The average Bonchev–Trinajstić information content (AvgIpc) is 3.41. The Morgan fingerprint density at radius 3 is 0.693 bits per heavy atom. The van der Waals surface area contributed by atoms with Gasteiger partial charge >= 0.3 is 17.9 Å². The van der Waals surface area contributed by atoms with E-state index >= 15 is 0 Å². The molecule has 0 aliphatic rings. The maximum atomic E-state index is 13.6. The van der Waals surface area contributed by atoms with E-state index in [1.807, 2.05) is 20.8 Å². The fourth-order valence-corrected chi connectivity index (χ4v) is 7.43. The summed E-state index contributed by atoms with van der Waals surface area (Å²) in [6.07, 6.45) is 84.7. The number of hydrogen-bond acceptors (Lipinski definition) is 6. The van der Waals surface area contributed by atoms with E-state index in [4.69, 9.17) is 14.2 Å². The van der Waals surface area contributed by atoms with Gasteiger partial charge in [0.05, 0.1) is 17.8 Å². The van der Waals surface area contributed by atoms with Gasteiger partial charge in [0.15, 0.2) is 6.10 Å². The lowest BCUT2D eigenvalue weighted by Gasteiger charge is -2.23. The predicted molar refractivity (Wildman–Crippen MR) is 324 cm³/mol. The van der Waals surface area contributed by atoms with Crippen LogP contribution in [-0.2, 0) is 28.6 Å². The molecule has 0 aliphatic heterocycles. The second-order valence-electron chi connectivity index (χ2n) is 18.5. The standard InChI is InChI=1S/C69H104O6/c1-7-13-16-19-22-25-28-31-34-37-40-43-46-49-52-55-58-63(10-4)67(70)73-61-66(75-69(72)65(12-6)60-57-54-51-48-45-42-39-36-33-30-27-24-21-18-15-9-3)62-74-68(71)64(11-5)59-56-53-50-47-44-41-38-35-32-29-26-23-20-17-14-8-2/h13-18,22-27,31-36,40-45,49-54,63-66H,7-12,19-21,28-30,37-39,46-48,55-62H2,1-6H3. The van der Waals surface area contributed by atoms with Gasteiger partial charge in [0.2, 0.25) is 0 Å². The molecule has 0 amide bonds. The van der Waals surface area contributed by atoms with Crippen LogP contribution < -0.4 is 0 Å². The minimum Gasteiger partial charge on any atom is -0.461 e. The Bertz CT molecular complexity index is 1760. The van der Waals surface area contributed by atoms with Gasteiger partial charge in [-0.15, -0.1) is 0 Å². The van der Waals surface area contributed by atoms with Gasteiger partial charge in [-0.1, -0.05) is 224 Å². The topological polar surface area (TPSA) is 78.9 Å². The van der Waals surface area contributed by atoms with E-state index in [9.17, 15) is 14.4 Å². The van der Waals surface area contributed by atoms with Gasteiger partial charge < -0.3 is 14.2 Å². The summed E-state index contributed by atoms with van der Waals surface area (Å²) in [7, 11) is 0. The van der Waals surface area contributed by atoms with Crippen LogP contribution in [0.3, 0.4) is 0 Å². The highest BCUT2D eigenvalue weighted by atomic mass is 16.6. The summed E-state index contributed by atoms with van der Waals surface area (Å²) in [6, 6.07) is 0. The second kappa shape index (κ2) is 56.2. The Hall–Kier alpha value is -5.49. The van der Waals surface area contributed by atoms with Crippen molar-refractivity contribution in [2.75, 3.05) is 13.2 Å². The highest BCUT2D eigenvalue weighted by Gasteiger charge is 2.27. The number of carbonyl (C=O) groups is 3. The molecule has 0 aliphatic carbocycles. The van der Waals surface area contributed by atoms with E-state index in [0.717, 1.165) is 116 Å². The predicted octanol–water partition coefficient (Wildman–Crippen LogP) is 19.7. The van der Waals surface area contributed by atoms with Crippen LogP contribution >= 0.6 is 0 Å². The molecule has 0 heterocycles. The van der Waals surface area contributed by atoms with Gasteiger partial charge in [-0.05, 0) is 154 Å². The summed E-state index contributed by atoms with van der Waals surface area (Å²) in [4.78, 5) is 40.4. The molecule has 0 bridgehead atoms. The minimum absolute atomic E-state index is 0.169. The van der Waals surface area contributed by atoms with Crippen LogP contribution in [0.1, 0.15) is 196 Å². The van der Waals surface area contributed by atoms with Crippen molar-refractivity contribution < 1.29 is 28.6 Å². The molecule has 6 nitrogen and oxygen atoms in total. The van der Waals surface area contributed by atoms with Crippen molar-refractivity contribution in [2.45, 2.75) is 202 Å². The normalized spacial score (nSPS) is 14.8. The van der Waals surface area contributed by atoms with Crippen LogP contribution in [-0.4, -0.2) is 37.2 Å². The maximum Gasteiger partial charge on any atom is 0.309 e. The van der Waals surface area contributed by atoms with E-state index in [-0.39, 0.29) is 48.9 Å². The lowest BCUT2D eigenvalue weighted by atomic mass is 10.00. The average molecular weight is 1030 g/mol. The summed E-state index contributed by atoms with van der Waals surface area (Å²) < 4.78 is 17.6. The molecule has 416 valence electrons. The van der Waals surface area contributed by atoms with Gasteiger partial charge in [0.25, 0.3) is 0 Å². The van der Waals surface area contributed by atoms with E-state index in [2.05, 4.69) is 203 Å². The SMILES string of the molecule is CCC=CCC=CCC=CCC=CCC=CCCC(CC)C(=O)OCC(COC(=O)C(CC)CCC=CCC=CCC=CCC=CCC=CCC)OC(=O)C(CC)CCC=CCC=CCC=CCC=CCC=CCC. The van der Waals surface area contributed by atoms with Crippen molar-refractivity contribution in [1.82, 2.24) is 0 Å². The Morgan fingerprint density at radius 2 is 0.480 bits per heavy atom. The number of carbonyl (C=O) groups excluding carboxylic acids is 3. The summed E-state index contributed by atoms with van der Waals surface area (Å²) in [5, 5.41) is 0. The van der Waals surface area contributed by atoms with Gasteiger partial charge in [-0.3, -0.25) is 14.4 Å². The zero-order chi connectivity index (χ0) is 54.8. The zero-order valence-corrected chi connectivity index (χ0v) is 48.0. The van der Waals surface area contributed by atoms with Crippen LogP contribution in [0, 0.1) is 17.8 Å². The Balaban J connectivity index is 5.31. The Labute approximate surface area is 459 Å². The van der Waals surface area contributed by atoms with Crippen LogP contribution in [0.5, 0.6) is 0 Å². The van der Waals surface area contributed by atoms with Crippen molar-refractivity contribution in [3.8, 4) is 0 Å². The molecule has 0 saturated heterocycles. The molecule has 0 saturated carbocycles. The quantitative estimate of drug-likeness (QED) is 0.0343. The molecule has 3 atom stereocenters. The third kappa shape index (κ3) is 46.8. The van der Waals surface area contributed by atoms with Crippen molar-refractivity contribution >= 4 is 17.9 Å². The first kappa shape index (κ1) is 69.5. The molecule has 0 aromatic rings. The van der Waals surface area contributed by atoms with Crippen LogP contribution in [0.4, 0.5) is 0 Å². The molecule has 0 spiro atoms. The highest BCUT2D eigenvalue weighted by molar-refractivity contribution is 5.74. The number of ether oxygens (including phenoxy) is 3. The summed E-state index contributed by atoms with van der Waals surface area (Å²) in [6.45, 7) is 12.0. The molecule has 75 heavy (non-hydrogen) atoms. The molecule has 0 fully saturated rings. The minimum atomic E-state index is -0.903. The van der Waals surface area contributed by atoms with Gasteiger partial charge in [0, 0.05) is 0 Å². The van der Waals surface area contributed by atoms with Crippen LogP contribution in [0.15, 0.2) is 182 Å². The molecule has 6 heteroatoms. The largest absolute Gasteiger partial charge is 0.461 e. The van der Waals surface area contributed by atoms with Crippen molar-refractivity contribution in [3.63, 3.8) is 0 Å². The molecule has 3 unspecified atom stereocenters. The van der Waals surface area contributed by atoms with Gasteiger partial charge in [-0.25, -0.2) is 0 Å². The summed E-state index contributed by atoms with van der Waals surface area (Å²) >= 11 is 0. The van der Waals surface area contributed by atoms with Gasteiger partial charge in [-0.2, -0.15) is 0 Å². The maximum absolute atomic E-state index is 13.6. The monoisotopic (exact) mass is 1030 g/mol. The van der Waals surface area contributed by atoms with Crippen molar-refractivity contribution in [1.29, 1.82) is 0 Å². The highest BCUT2D eigenvalue weighted by Crippen LogP contribution is 2.19. The molecule has 0 N–H and O–H groups in total. The zero-order valence-electron chi connectivity index (χ0n) is 48.0.